The van der Waals surface area contributed by atoms with Crippen LogP contribution in [-0.4, -0.2) is 32.5 Å². The number of hydrogen-bond acceptors (Lipinski definition) is 5. The molecule has 3 aromatic rings. The first-order chi connectivity index (χ1) is 10.6. The number of rotatable bonds is 4. The molecule has 1 aromatic carbocycles. The Kier molecular flexibility index (Phi) is 3.46. The summed E-state index contributed by atoms with van der Waals surface area (Å²) in [6.07, 6.45) is 2.95. The number of hydrogen-bond donors (Lipinski definition) is 1. The van der Waals surface area contributed by atoms with Crippen LogP contribution in [0.1, 0.15) is 16.3 Å². The fraction of sp³-hybridized carbons (Fsp3) is 0.200. The van der Waals surface area contributed by atoms with Crippen molar-refractivity contribution in [3.63, 3.8) is 0 Å². The quantitative estimate of drug-likeness (QED) is 0.778. The summed E-state index contributed by atoms with van der Waals surface area (Å²) in [5.41, 5.74) is 7.40. The maximum atomic E-state index is 11.2. The highest BCUT2D eigenvalue weighted by molar-refractivity contribution is 5.90. The lowest BCUT2D eigenvalue weighted by atomic mass is 10.3. The molecule has 0 aliphatic rings. The first-order valence-corrected chi connectivity index (χ1v) is 6.79. The van der Waals surface area contributed by atoms with Gasteiger partial charge in [0.15, 0.2) is 0 Å². The van der Waals surface area contributed by atoms with Gasteiger partial charge in [0.1, 0.15) is 17.3 Å². The van der Waals surface area contributed by atoms with E-state index in [2.05, 4.69) is 15.0 Å². The van der Waals surface area contributed by atoms with Gasteiger partial charge in [-0.15, -0.1) is 0 Å². The smallest absolute Gasteiger partial charge is 0.268 e. The van der Waals surface area contributed by atoms with E-state index >= 15 is 0 Å². The maximum Gasteiger partial charge on any atom is 0.268 e. The molecule has 0 unspecified atom stereocenters. The van der Waals surface area contributed by atoms with Crippen molar-refractivity contribution in [3.05, 3.63) is 48.2 Å². The Morgan fingerprint density at radius 2 is 2.05 bits per heavy atom. The molecular weight excluding hydrogens is 280 g/mol. The van der Waals surface area contributed by atoms with Gasteiger partial charge in [0.2, 0.25) is 0 Å². The molecule has 22 heavy (non-hydrogen) atoms. The van der Waals surface area contributed by atoms with Gasteiger partial charge in [-0.25, -0.2) is 9.97 Å². The highest BCUT2D eigenvalue weighted by Gasteiger charge is 2.12. The van der Waals surface area contributed by atoms with Crippen molar-refractivity contribution in [1.82, 2.24) is 19.5 Å². The number of primary amides is 1. The third-order valence-corrected chi connectivity index (χ3v) is 3.52. The largest absolute Gasteiger partial charge is 0.364 e. The van der Waals surface area contributed by atoms with E-state index in [0.29, 0.717) is 12.4 Å². The first-order valence-electron chi connectivity index (χ1n) is 6.79. The number of carbonyl (C=O) groups excluding carboxylic acids is 1. The van der Waals surface area contributed by atoms with Gasteiger partial charge >= 0.3 is 0 Å². The van der Waals surface area contributed by atoms with Gasteiger partial charge in [-0.3, -0.25) is 9.78 Å². The Labute approximate surface area is 127 Å². The van der Waals surface area contributed by atoms with E-state index in [1.807, 2.05) is 47.8 Å². The zero-order valence-electron chi connectivity index (χ0n) is 12.4. The number of imidazole rings is 1. The topological polar surface area (TPSA) is 89.9 Å². The molecule has 1 amide bonds. The van der Waals surface area contributed by atoms with E-state index in [-0.39, 0.29) is 5.69 Å². The average molecular weight is 296 g/mol. The second-order valence-corrected chi connectivity index (χ2v) is 5.06. The van der Waals surface area contributed by atoms with Crippen molar-refractivity contribution < 1.29 is 4.79 Å². The minimum atomic E-state index is -0.592. The van der Waals surface area contributed by atoms with Crippen LogP contribution in [0.25, 0.3) is 11.0 Å². The molecule has 7 heteroatoms. The molecule has 0 aliphatic carbocycles. The number of nitrogens with two attached hydrogens (primary N) is 1. The van der Waals surface area contributed by atoms with Crippen LogP contribution in [0.5, 0.6) is 0 Å². The molecule has 2 aromatic heterocycles. The number of amides is 1. The third kappa shape index (κ3) is 2.48. The predicted octanol–water partition coefficient (Wildman–Crippen LogP) is 1.10. The summed E-state index contributed by atoms with van der Waals surface area (Å²) in [6.45, 7) is 0.544. The van der Waals surface area contributed by atoms with E-state index in [1.54, 1.807) is 6.20 Å². The van der Waals surface area contributed by atoms with Crippen LogP contribution in [0.4, 0.5) is 5.82 Å². The van der Waals surface area contributed by atoms with Crippen molar-refractivity contribution in [2.75, 3.05) is 11.9 Å². The van der Waals surface area contributed by atoms with E-state index in [1.165, 1.54) is 6.20 Å². The molecule has 0 fully saturated rings. The number of nitrogens with zero attached hydrogens (tertiary/aromatic N) is 5. The normalized spacial score (nSPS) is 10.8. The number of fused-ring (bicyclic) bond motifs is 1. The van der Waals surface area contributed by atoms with Crippen LogP contribution >= 0.6 is 0 Å². The van der Waals surface area contributed by atoms with Crippen LogP contribution in [-0.2, 0) is 13.6 Å². The molecule has 0 aliphatic heterocycles. The fourth-order valence-corrected chi connectivity index (χ4v) is 2.29. The van der Waals surface area contributed by atoms with E-state index in [4.69, 9.17) is 5.73 Å². The highest BCUT2D eigenvalue weighted by atomic mass is 16.1. The maximum absolute atomic E-state index is 11.2. The molecule has 112 valence electrons. The van der Waals surface area contributed by atoms with Gasteiger partial charge in [-0.2, -0.15) is 0 Å². The molecule has 3 rings (SSSR count). The van der Waals surface area contributed by atoms with Gasteiger partial charge in [0, 0.05) is 14.1 Å². The fourth-order valence-electron chi connectivity index (χ4n) is 2.29. The molecule has 2 heterocycles. The lowest BCUT2D eigenvalue weighted by Crippen LogP contribution is -2.22. The lowest BCUT2D eigenvalue weighted by Gasteiger charge is -2.17. The zero-order valence-corrected chi connectivity index (χ0v) is 12.4. The van der Waals surface area contributed by atoms with Crippen molar-refractivity contribution >= 4 is 22.8 Å². The molecule has 0 atom stereocenters. The summed E-state index contributed by atoms with van der Waals surface area (Å²) in [6, 6.07) is 7.95. The minimum Gasteiger partial charge on any atom is -0.364 e. The van der Waals surface area contributed by atoms with Gasteiger partial charge < -0.3 is 15.2 Å². The van der Waals surface area contributed by atoms with Crippen LogP contribution in [0, 0.1) is 0 Å². The monoisotopic (exact) mass is 296 g/mol. The zero-order chi connectivity index (χ0) is 15.7. The number of benzene rings is 1. The van der Waals surface area contributed by atoms with Gasteiger partial charge in [0.25, 0.3) is 5.91 Å². The van der Waals surface area contributed by atoms with Gasteiger partial charge in [0.05, 0.1) is 30.0 Å². The van der Waals surface area contributed by atoms with Crippen molar-refractivity contribution in [3.8, 4) is 0 Å². The number of anilines is 1. The summed E-state index contributed by atoms with van der Waals surface area (Å²) in [4.78, 5) is 25.9. The Bertz CT molecular complexity index is 841. The summed E-state index contributed by atoms with van der Waals surface area (Å²) in [5, 5.41) is 0. The lowest BCUT2D eigenvalue weighted by molar-refractivity contribution is 0.0995. The van der Waals surface area contributed by atoms with E-state index in [0.717, 1.165) is 16.9 Å². The van der Waals surface area contributed by atoms with E-state index < -0.39 is 5.91 Å². The summed E-state index contributed by atoms with van der Waals surface area (Å²) in [5.74, 6) is 0.879. The van der Waals surface area contributed by atoms with Gasteiger partial charge in [-0.1, -0.05) is 12.1 Å². The molecule has 0 bridgehead atoms. The Hall–Kier alpha value is -2.96. The number of carbonyl (C=O) groups is 1. The Morgan fingerprint density at radius 1 is 1.27 bits per heavy atom. The van der Waals surface area contributed by atoms with Crippen LogP contribution < -0.4 is 10.6 Å². The number of para-hydroxylation sites is 2. The van der Waals surface area contributed by atoms with Crippen LogP contribution in [0.3, 0.4) is 0 Å². The SMILES string of the molecule is CN(Cc1nc2ccccc2n1C)c1cncc(C(N)=O)n1. The molecule has 7 nitrogen and oxygen atoms in total. The second-order valence-electron chi connectivity index (χ2n) is 5.06. The Balaban J connectivity index is 1.89. The standard InChI is InChI=1S/C15H16N6O/c1-20(13-8-17-7-11(19-13)15(16)22)9-14-18-10-5-3-4-6-12(10)21(14)2/h3-8H,9H2,1-2H3,(H2,16,22). The first kappa shape index (κ1) is 14.0. The van der Waals surface area contributed by atoms with E-state index in [9.17, 15) is 4.79 Å². The number of aromatic nitrogens is 4. The summed E-state index contributed by atoms with van der Waals surface area (Å²) >= 11 is 0. The molecule has 0 saturated carbocycles. The molecule has 0 spiro atoms. The summed E-state index contributed by atoms with van der Waals surface area (Å²) < 4.78 is 2.04. The third-order valence-electron chi connectivity index (χ3n) is 3.52. The molecule has 2 N–H and O–H groups in total. The minimum absolute atomic E-state index is 0.148. The van der Waals surface area contributed by atoms with Crippen molar-refractivity contribution in [1.29, 1.82) is 0 Å². The number of aryl methyl sites for hydroxylation is 1. The highest BCUT2D eigenvalue weighted by Crippen LogP contribution is 2.17. The summed E-state index contributed by atoms with van der Waals surface area (Å²) in [7, 11) is 3.85. The molecule has 0 radical (unpaired) electrons. The average Bonchev–Trinajstić information content (AvgIpc) is 2.84. The van der Waals surface area contributed by atoms with Crippen LogP contribution in [0.15, 0.2) is 36.7 Å². The van der Waals surface area contributed by atoms with Crippen LogP contribution in [0.2, 0.25) is 0 Å². The van der Waals surface area contributed by atoms with Crippen molar-refractivity contribution in [2.45, 2.75) is 6.54 Å². The van der Waals surface area contributed by atoms with Crippen molar-refractivity contribution in [2.24, 2.45) is 12.8 Å². The van der Waals surface area contributed by atoms with Gasteiger partial charge in [-0.05, 0) is 12.1 Å². The predicted molar refractivity (Wildman–Crippen MR) is 83.4 cm³/mol. The Morgan fingerprint density at radius 3 is 2.77 bits per heavy atom. The second kappa shape index (κ2) is 5.44. The molecule has 0 saturated heterocycles. The molecular formula is C15H16N6O.